The van der Waals surface area contributed by atoms with Crippen molar-refractivity contribution in [3.8, 4) is 0 Å². The Hall–Kier alpha value is -1.06. The fraction of sp³-hybridized carbons (Fsp3) is 0.125. The van der Waals surface area contributed by atoms with E-state index in [1.807, 2.05) is 6.07 Å². The van der Waals surface area contributed by atoms with Crippen LogP contribution in [-0.2, 0) is 6.54 Å². The van der Waals surface area contributed by atoms with Crippen molar-refractivity contribution in [3.63, 3.8) is 0 Å². The van der Waals surface area contributed by atoms with Crippen LogP contribution >= 0.6 is 11.6 Å². The molecule has 0 radical (unpaired) electrons. The van der Waals surface area contributed by atoms with Crippen molar-refractivity contribution in [2.45, 2.75) is 6.54 Å². The molecular formula is C8H7ClN2O. The third-order valence-corrected chi connectivity index (χ3v) is 1.94. The van der Waals surface area contributed by atoms with E-state index in [4.69, 9.17) is 16.8 Å². The van der Waals surface area contributed by atoms with Crippen LogP contribution in [0.2, 0.25) is 5.02 Å². The van der Waals surface area contributed by atoms with Crippen LogP contribution in [0.1, 0.15) is 5.56 Å². The van der Waals surface area contributed by atoms with Crippen LogP contribution in [0.5, 0.6) is 0 Å². The minimum atomic E-state index is 0.444. The molecule has 1 heterocycles. The summed E-state index contributed by atoms with van der Waals surface area (Å²) in [4.78, 5) is 4.01. The van der Waals surface area contributed by atoms with Gasteiger partial charge in [-0.05, 0) is 18.2 Å². The molecule has 1 aliphatic heterocycles. The Morgan fingerprint density at radius 3 is 3.17 bits per heavy atom. The minimum Gasteiger partial charge on any atom is -0.287 e. The van der Waals surface area contributed by atoms with Gasteiger partial charge < -0.3 is 0 Å². The highest BCUT2D eigenvalue weighted by molar-refractivity contribution is 6.30. The summed E-state index contributed by atoms with van der Waals surface area (Å²) < 4.78 is 0. The summed E-state index contributed by atoms with van der Waals surface area (Å²) in [5.41, 5.74) is 1.80. The zero-order valence-corrected chi connectivity index (χ0v) is 6.99. The predicted molar refractivity (Wildman–Crippen MR) is 46.9 cm³/mol. The molecule has 12 heavy (non-hydrogen) atoms. The first kappa shape index (κ1) is 7.58. The van der Waals surface area contributed by atoms with E-state index in [0.717, 1.165) is 16.3 Å². The van der Waals surface area contributed by atoms with Crippen LogP contribution in [-0.4, -0.2) is 16.6 Å². The summed E-state index contributed by atoms with van der Waals surface area (Å²) in [5, 5.41) is 10.8. The van der Waals surface area contributed by atoms with Gasteiger partial charge in [0.25, 0.3) is 0 Å². The maximum atomic E-state index is 9.09. The SMILES string of the molecule is ON1C=Nc2ccc(Cl)cc2C1. The molecule has 1 aliphatic rings. The molecule has 0 aliphatic carbocycles. The van der Waals surface area contributed by atoms with Gasteiger partial charge in [0.05, 0.1) is 12.2 Å². The fourth-order valence-electron chi connectivity index (χ4n) is 1.15. The number of rotatable bonds is 0. The van der Waals surface area contributed by atoms with Gasteiger partial charge in [-0.2, -0.15) is 0 Å². The molecule has 0 fully saturated rings. The van der Waals surface area contributed by atoms with Gasteiger partial charge in [-0.25, -0.2) is 10.1 Å². The third-order valence-electron chi connectivity index (χ3n) is 1.70. The highest BCUT2D eigenvalue weighted by Crippen LogP contribution is 2.26. The Morgan fingerprint density at radius 1 is 1.50 bits per heavy atom. The van der Waals surface area contributed by atoms with E-state index in [1.165, 1.54) is 6.34 Å². The number of hydrogen-bond donors (Lipinski definition) is 1. The van der Waals surface area contributed by atoms with Crippen molar-refractivity contribution in [3.05, 3.63) is 28.8 Å². The third kappa shape index (κ3) is 1.29. The monoisotopic (exact) mass is 182 g/mol. The second-order valence-electron chi connectivity index (χ2n) is 2.62. The Kier molecular flexibility index (Phi) is 1.75. The molecule has 2 rings (SSSR count). The zero-order valence-electron chi connectivity index (χ0n) is 6.24. The van der Waals surface area contributed by atoms with Gasteiger partial charge in [0.15, 0.2) is 0 Å². The minimum absolute atomic E-state index is 0.444. The molecule has 1 aromatic carbocycles. The smallest absolute Gasteiger partial charge is 0.116 e. The van der Waals surface area contributed by atoms with Crippen LogP contribution in [0.3, 0.4) is 0 Å². The molecule has 0 amide bonds. The lowest BCUT2D eigenvalue weighted by Crippen LogP contribution is -2.18. The summed E-state index contributed by atoms with van der Waals surface area (Å²) in [6.45, 7) is 0.444. The van der Waals surface area contributed by atoms with E-state index in [0.29, 0.717) is 11.6 Å². The van der Waals surface area contributed by atoms with Crippen molar-refractivity contribution >= 4 is 23.6 Å². The lowest BCUT2D eigenvalue weighted by atomic mass is 10.1. The largest absolute Gasteiger partial charge is 0.287 e. The Balaban J connectivity index is 2.47. The number of halogens is 1. The van der Waals surface area contributed by atoms with Gasteiger partial charge >= 0.3 is 0 Å². The maximum absolute atomic E-state index is 9.09. The number of aliphatic imine (C=N–C) groups is 1. The molecule has 0 saturated carbocycles. The fourth-order valence-corrected chi connectivity index (χ4v) is 1.35. The predicted octanol–water partition coefficient (Wildman–Crippen LogP) is 2.20. The molecule has 0 saturated heterocycles. The van der Waals surface area contributed by atoms with Crippen LogP contribution < -0.4 is 0 Å². The highest BCUT2D eigenvalue weighted by atomic mass is 35.5. The lowest BCUT2D eigenvalue weighted by molar-refractivity contribution is -0.0178. The standard InChI is InChI=1S/C8H7ClN2O/c9-7-1-2-8-6(3-7)4-11(12)5-10-8/h1-3,5,12H,4H2. The molecule has 0 bridgehead atoms. The van der Waals surface area contributed by atoms with E-state index in [2.05, 4.69) is 4.99 Å². The summed E-state index contributed by atoms with van der Waals surface area (Å²) in [6, 6.07) is 5.42. The molecule has 62 valence electrons. The average molecular weight is 183 g/mol. The van der Waals surface area contributed by atoms with Crippen LogP contribution in [0.15, 0.2) is 23.2 Å². The van der Waals surface area contributed by atoms with Crippen LogP contribution in [0, 0.1) is 0 Å². The first-order valence-corrected chi connectivity index (χ1v) is 3.91. The Labute approximate surface area is 74.9 Å². The number of hydrogen-bond acceptors (Lipinski definition) is 3. The topological polar surface area (TPSA) is 35.8 Å². The van der Waals surface area contributed by atoms with E-state index in [1.54, 1.807) is 12.1 Å². The van der Waals surface area contributed by atoms with Crippen molar-refractivity contribution in [2.75, 3.05) is 0 Å². The second-order valence-corrected chi connectivity index (χ2v) is 3.05. The van der Waals surface area contributed by atoms with E-state index < -0.39 is 0 Å². The van der Waals surface area contributed by atoms with Crippen molar-refractivity contribution in [2.24, 2.45) is 4.99 Å². The van der Waals surface area contributed by atoms with E-state index in [9.17, 15) is 0 Å². The maximum Gasteiger partial charge on any atom is 0.116 e. The molecule has 1 aromatic rings. The number of fused-ring (bicyclic) bond motifs is 1. The van der Waals surface area contributed by atoms with E-state index >= 15 is 0 Å². The van der Waals surface area contributed by atoms with Crippen molar-refractivity contribution in [1.82, 2.24) is 5.06 Å². The summed E-state index contributed by atoms with van der Waals surface area (Å²) in [6.07, 6.45) is 1.39. The first-order chi connectivity index (χ1) is 5.75. The number of benzene rings is 1. The Bertz CT molecular complexity index is 338. The zero-order chi connectivity index (χ0) is 8.55. The van der Waals surface area contributed by atoms with E-state index in [-0.39, 0.29) is 0 Å². The lowest BCUT2D eigenvalue weighted by Gasteiger charge is -2.17. The summed E-state index contributed by atoms with van der Waals surface area (Å²) >= 11 is 5.77. The van der Waals surface area contributed by atoms with Crippen LogP contribution in [0.25, 0.3) is 0 Å². The molecule has 0 spiro atoms. The average Bonchev–Trinajstić information content (AvgIpc) is 2.03. The molecule has 3 nitrogen and oxygen atoms in total. The van der Waals surface area contributed by atoms with Gasteiger partial charge in [-0.3, -0.25) is 5.21 Å². The number of nitrogens with zero attached hydrogens (tertiary/aromatic N) is 2. The summed E-state index contributed by atoms with van der Waals surface area (Å²) in [7, 11) is 0. The molecular weight excluding hydrogens is 176 g/mol. The molecule has 0 unspecified atom stereocenters. The molecule has 0 atom stereocenters. The molecule has 1 N–H and O–H groups in total. The summed E-state index contributed by atoms with van der Waals surface area (Å²) in [5.74, 6) is 0. The van der Waals surface area contributed by atoms with Gasteiger partial charge in [-0.15, -0.1) is 0 Å². The normalized spacial score (nSPS) is 14.7. The highest BCUT2D eigenvalue weighted by Gasteiger charge is 2.09. The second kappa shape index (κ2) is 2.77. The quantitative estimate of drug-likeness (QED) is 0.668. The Morgan fingerprint density at radius 2 is 2.33 bits per heavy atom. The van der Waals surface area contributed by atoms with Crippen LogP contribution in [0.4, 0.5) is 5.69 Å². The van der Waals surface area contributed by atoms with Crippen molar-refractivity contribution in [1.29, 1.82) is 0 Å². The number of hydroxylamine groups is 2. The molecule has 4 heteroatoms. The van der Waals surface area contributed by atoms with Crippen molar-refractivity contribution < 1.29 is 5.21 Å². The van der Waals surface area contributed by atoms with Gasteiger partial charge in [0.2, 0.25) is 0 Å². The van der Waals surface area contributed by atoms with Gasteiger partial charge in [0, 0.05) is 10.6 Å². The first-order valence-electron chi connectivity index (χ1n) is 3.54. The molecule has 0 aromatic heterocycles. The van der Waals surface area contributed by atoms with Gasteiger partial charge in [-0.1, -0.05) is 11.6 Å². The van der Waals surface area contributed by atoms with Gasteiger partial charge in [0.1, 0.15) is 6.34 Å².